The van der Waals surface area contributed by atoms with Crippen LogP contribution in [0.25, 0.3) is 15.2 Å². The van der Waals surface area contributed by atoms with Crippen LogP contribution in [-0.4, -0.2) is 21.7 Å². The lowest BCUT2D eigenvalue weighted by atomic mass is 10.2. The molecule has 0 aliphatic carbocycles. The summed E-state index contributed by atoms with van der Waals surface area (Å²) in [4.78, 5) is 0.861. The van der Waals surface area contributed by atoms with Crippen LogP contribution in [0.5, 0.6) is 5.75 Å². The number of thioether (sulfide) groups is 1. The fraction of sp³-hybridized carbons (Fsp3) is 0.125. The molecule has 4 aromatic rings. The molecule has 4 rings (SSSR count). The summed E-state index contributed by atoms with van der Waals surface area (Å²) < 4.78 is 22.0. The molecule has 2 aromatic carbocycles. The number of hydrogen-bond donors (Lipinski definition) is 0. The Morgan fingerprint density at radius 2 is 2.09 bits per heavy atom. The summed E-state index contributed by atoms with van der Waals surface area (Å²) in [6.07, 6.45) is 0. The molecule has 0 radical (unpaired) electrons. The Morgan fingerprint density at radius 3 is 2.96 bits per heavy atom. The highest BCUT2D eigenvalue weighted by Crippen LogP contribution is 2.32. The first-order valence-corrected chi connectivity index (χ1v) is 8.74. The van der Waals surface area contributed by atoms with Gasteiger partial charge in [-0.1, -0.05) is 35.2 Å². The Kier molecular flexibility index (Phi) is 3.66. The van der Waals surface area contributed by atoms with Gasteiger partial charge in [-0.15, -0.1) is 10.2 Å². The molecule has 2 heterocycles. The van der Waals surface area contributed by atoms with Crippen LogP contribution in [0.1, 0.15) is 5.56 Å². The van der Waals surface area contributed by atoms with Crippen LogP contribution in [0.3, 0.4) is 0 Å². The number of fused-ring (bicyclic) bond motifs is 3. The molecule has 4 nitrogen and oxygen atoms in total. The van der Waals surface area contributed by atoms with Gasteiger partial charge >= 0.3 is 0 Å². The lowest BCUT2D eigenvalue weighted by molar-refractivity contribution is 0.410. The maximum Gasteiger partial charge on any atom is 0.217 e. The summed E-state index contributed by atoms with van der Waals surface area (Å²) in [5, 5.41) is 9.28. The summed E-state index contributed by atoms with van der Waals surface area (Å²) in [6.45, 7) is 0. The van der Waals surface area contributed by atoms with Crippen LogP contribution in [0.15, 0.2) is 47.6 Å². The molecule has 0 unspecified atom stereocenters. The number of nitrogens with zero attached hydrogens (tertiary/aromatic N) is 3. The molecule has 0 fully saturated rings. The van der Waals surface area contributed by atoms with Crippen molar-refractivity contribution in [1.29, 1.82) is 0 Å². The number of para-hydroxylation sites is 1. The van der Waals surface area contributed by atoms with E-state index in [-0.39, 0.29) is 5.82 Å². The highest BCUT2D eigenvalue weighted by molar-refractivity contribution is 7.98. The molecular weight excluding hydrogens is 333 g/mol. The first kappa shape index (κ1) is 14.5. The Balaban J connectivity index is 1.70. The van der Waals surface area contributed by atoms with E-state index in [4.69, 9.17) is 4.74 Å². The van der Waals surface area contributed by atoms with E-state index in [0.29, 0.717) is 11.5 Å². The Morgan fingerprint density at radius 1 is 1.22 bits per heavy atom. The van der Waals surface area contributed by atoms with Crippen molar-refractivity contribution in [3.63, 3.8) is 0 Å². The maximum absolute atomic E-state index is 13.5. The zero-order valence-electron chi connectivity index (χ0n) is 12.2. The number of rotatable bonds is 4. The summed E-state index contributed by atoms with van der Waals surface area (Å²) in [5.74, 6) is 0.968. The SMILES string of the molecule is COc1ccc(F)cc1CSc1nnc2sc3ccccc3n12. The largest absolute Gasteiger partial charge is 0.496 e. The Labute approximate surface area is 139 Å². The number of thiazole rings is 1. The van der Waals surface area contributed by atoms with E-state index < -0.39 is 0 Å². The Hall–Kier alpha value is -2.12. The van der Waals surface area contributed by atoms with Crippen molar-refractivity contribution in [2.75, 3.05) is 7.11 Å². The lowest BCUT2D eigenvalue weighted by Gasteiger charge is -2.07. The molecule has 0 aliphatic heterocycles. The molecule has 116 valence electrons. The van der Waals surface area contributed by atoms with Crippen LogP contribution in [0.4, 0.5) is 4.39 Å². The van der Waals surface area contributed by atoms with Crippen LogP contribution >= 0.6 is 23.1 Å². The maximum atomic E-state index is 13.5. The fourth-order valence-corrected chi connectivity index (χ4v) is 4.40. The van der Waals surface area contributed by atoms with Gasteiger partial charge in [0.2, 0.25) is 4.96 Å². The molecule has 0 bridgehead atoms. The van der Waals surface area contributed by atoms with Crippen molar-refractivity contribution in [3.8, 4) is 5.75 Å². The molecule has 0 saturated heterocycles. The highest BCUT2D eigenvalue weighted by Gasteiger charge is 2.14. The van der Waals surface area contributed by atoms with E-state index >= 15 is 0 Å². The summed E-state index contributed by atoms with van der Waals surface area (Å²) in [5.41, 5.74) is 1.89. The zero-order chi connectivity index (χ0) is 15.8. The molecule has 0 aliphatic rings. The second-order valence-corrected chi connectivity index (χ2v) is 6.87. The third-order valence-corrected chi connectivity index (χ3v) is 5.50. The van der Waals surface area contributed by atoms with Gasteiger partial charge in [-0.25, -0.2) is 4.39 Å². The van der Waals surface area contributed by atoms with Gasteiger partial charge in [0.15, 0.2) is 5.16 Å². The average molecular weight is 345 g/mol. The van der Waals surface area contributed by atoms with Crippen LogP contribution in [0, 0.1) is 5.82 Å². The normalized spacial score (nSPS) is 11.4. The lowest BCUT2D eigenvalue weighted by Crippen LogP contribution is -1.93. The van der Waals surface area contributed by atoms with Crippen LogP contribution in [0.2, 0.25) is 0 Å². The molecular formula is C16H12FN3OS2. The summed E-state index contributed by atoms with van der Waals surface area (Å²) >= 11 is 3.12. The monoisotopic (exact) mass is 345 g/mol. The number of aromatic nitrogens is 3. The van der Waals surface area contributed by atoms with E-state index in [1.165, 1.54) is 28.6 Å². The number of benzene rings is 2. The number of halogens is 1. The highest BCUT2D eigenvalue weighted by atomic mass is 32.2. The minimum Gasteiger partial charge on any atom is -0.496 e. The number of hydrogen-bond acceptors (Lipinski definition) is 5. The van der Waals surface area contributed by atoms with E-state index in [0.717, 1.165) is 21.2 Å². The van der Waals surface area contributed by atoms with Crippen LogP contribution in [-0.2, 0) is 5.75 Å². The van der Waals surface area contributed by atoms with Crippen LogP contribution < -0.4 is 4.74 Å². The minimum atomic E-state index is -0.270. The number of methoxy groups -OCH3 is 1. The third-order valence-electron chi connectivity index (χ3n) is 3.51. The van der Waals surface area contributed by atoms with E-state index in [9.17, 15) is 4.39 Å². The fourth-order valence-electron chi connectivity index (χ4n) is 2.45. The Bertz CT molecular complexity index is 995. The minimum absolute atomic E-state index is 0.270. The smallest absolute Gasteiger partial charge is 0.217 e. The first-order chi connectivity index (χ1) is 11.3. The van der Waals surface area contributed by atoms with Crippen molar-refractivity contribution in [1.82, 2.24) is 14.6 Å². The van der Waals surface area contributed by atoms with Gasteiger partial charge in [0.1, 0.15) is 11.6 Å². The zero-order valence-corrected chi connectivity index (χ0v) is 13.8. The van der Waals surface area contributed by atoms with Gasteiger partial charge in [-0.3, -0.25) is 4.40 Å². The van der Waals surface area contributed by atoms with Gasteiger partial charge in [0, 0.05) is 11.3 Å². The predicted octanol–water partition coefficient (Wildman–Crippen LogP) is 4.38. The number of ether oxygens (including phenoxy) is 1. The summed E-state index contributed by atoms with van der Waals surface area (Å²) in [7, 11) is 1.59. The van der Waals surface area contributed by atoms with Crippen molar-refractivity contribution in [2.24, 2.45) is 0 Å². The van der Waals surface area contributed by atoms with Gasteiger partial charge in [-0.05, 0) is 30.3 Å². The summed E-state index contributed by atoms with van der Waals surface area (Å²) in [6, 6.07) is 12.7. The van der Waals surface area contributed by atoms with Crippen molar-refractivity contribution in [3.05, 3.63) is 53.8 Å². The molecule has 0 atom stereocenters. The van der Waals surface area contributed by atoms with Crippen molar-refractivity contribution >= 4 is 38.3 Å². The van der Waals surface area contributed by atoms with Crippen molar-refractivity contribution in [2.45, 2.75) is 10.9 Å². The standard InChI is InChI=1S/C16H12FN3OS2/c1-21-13-7-6-11(17)8-10(13)9-22-15-18-19-16-20(15)12-4-2-3-5-14(12)23-16/h2-8H,9H2,1H3. The molecule has 7 heteroatoms. The van der Waals surface area contributed by atoms with Crippen molar-refractivity contribution < 1.29 is 9.13 Å². The molecule has 0 saturated carbocycles. The topological polar surface area (TPSA) is 39.4 Å². The molecule has 23 heavy (non-hydrogen) atoms. The van der Waals surface area contributed by atoms with Gasteiger partial charge in [0.25, 0.3) is 0 Å². The third kappa shape index (κ3) is 2.55. The van der Waals surface area contributed by atoms with E-state index in [1.54, 1.807) is 24.5 Å². The predicted molar refractivity (Wildman–Crippen MR) is 90.9 cm³/mol. The quantitative estimate of drug-likeness (QED) is 0.515. The molecule has 2 aromatic heterocycles. The first-order valence-electron chi connectivity index (χ1n) is 6.94. The second kappa shape index (κ2) is 5.82. The van der Waals surface area contributed by atoms with E-state index in [1.807, 2.05) is 16.5 Å². The van der Waals surface area contributed by atoms with Gasteiger partial charge < -0.3 is 4.74 Å². The van der Waals surface area contributed by atoms with E-state index in [2.05, 4.69) is 22.3 Å². The second-order valence-electron chi connectivity index (χ2n) is 4.92. The average Bonchev–Trinajstić information content (AvgIpc) is 3.12. The molecule has 0 N–H and O–H groups in total. The molecule has 0 spiro atoms. The van der Waals surface area contributed by atoms with Gasteiger partial charge in [0.05, 0.1) is 17.3 Å². The van der Waals surface area contributed by atoms with Gasteiger partial charge in [-0.2, -0.15) is 0 Å². The molecule has 0 amide bonds.